The Labute approximate surface area is 83.6 Å². The van der Waals surface area contributed by atoms with Gasteiger partial charge in [0.2, 0.25) is 0 Å². The zero-order chi connectivity index (χ0) is 9.80. The van der Waals surface area contributed by atoms with Gasteiger partial charge in [-0.1, -0.05) is 35.0 Å². The molecule has 14 heavy (non-hydrogen) atoms. The third-order valence-corrected chi connectivity index (χ3v) is 2.17. The molecule has 0 unspecified atom stereocenters. The molecule has 2 aromatic rings. The molecule has 70 valence electrons. The minimum Gasteiger partial charge on any atom is -0.205 e. The van der Waals surface area contributed by atoms with Crippen LogP contribution in [0, 0.1) is 0 Å². The van der Waals surface area contributed by atoms with Crippen molar-refractivity contribution >= 4 is 0 Å². The third-order valence-electron chi connectivity index (χ3n) is 2.17. The minimum absolute atomic E-state index is 0.960. The number of nitrogens with two attached hydrogens (primary N) is 1. The maximum absolute atomic E-state index is 5.54. The minimum atomic E-state index is 0.960. The van der Waals surface area contributed by atoms with Gasteiger partial charge in [-0.3, -0.25) is 0 Å². The summed E-state index contributed by atoms with van der Waals surface area (Å²) in [5.41, 5.74) is 2.60. The number of nitrogen functional groups attached to an aromatic ring is 1. The summed E-state index contributed by atoms with van der Waals surface area (Å²) in [4.78, 5) is 0. The van der Waals surface area contributed by atoms with Crippen LogP contribution in [0.1, 0.15) is 11.1 Å². The van der Waals surface area contributed by atoms with Crippen molar-refractivity contribution in [3.63, 3.8) is 0 Å². The van der Waals surface area contributed by atoms with Crippen LogP contribution in [-0.2, 0) is 6.42 Å². The highest BCUT2D eigenvalue weighted by atomic mass is 15.3. The molecule has 0 atom stereocenters. The lowest BCUT2D eigenvalue weighted by molar-refractivity contribution is -0.639. The van der Waals surface area contributed by atoms with E-state index in [2.05, 4.69) is 24.3 Å². The smallest absolute Gasteiger partial charge is 0.199 e. The van der Waals surface area contributed by atoms with Gasteiger partial charge in [-0.2, -0.15) is 0 Å². The zero-order valence-electron chi connectivity index (χ0n) is 7.93. The molecule has 0 radical (unpaired) electrons. The predicted octanol–water partition coefficient (Wildman–Crippen LogP) is 1.28. The van der Waals surface area contributed by atoms with Crippen molar-refractivity contribution in [2.24, 2.45) is 0 Å². The molecule has 1 aromatic carbocycles. The summed E-state index contributed by atoms with van der Waals surface area (Å²) < 4.78 is 1.55. The molecule has 1 heterocycles. The first-order valence-corrected chi connectivity index (χ1v) is 4.64. The van der Waals surface area contributed by atoms with Crippen LogP contribution in [0.4, 0.5) is 0 Å². The number of benzene rings is 1. The number of nitrogens with zero attached hydrogens (tertiary/aromatic N) is 1. The molecule has 0 spiro atoms. The van der Waals surface area contributed by atoms with Crippen molar-refractivity contribution in [2.75, 3.05) is 5.84 Å². The number of rotatable bonds is 2. The molecule has 2 heteroatoms. The second-order valence-corrected chi connectivity index (χ2v) is 3.32. The van der Waals surface area contributed by atoms with Gasteiger partial charge in [0.15, 0.2) is 12.4 Å². The van der Waals surface area contributed by atoms with Crippen LogP contribution in [-0.4, -0.2) is 0 Å². The first-order valence-electron chi connectivity index (χ1n) is 4.64. The van der Waals surface area contributed by atoms with Gasteiger partial charge in [-0.15, -0.1) is 0 Å². The molecule has 0 bridgehead atoms. The molecule has 0 aliphatic heterocycles. The lowest BCUT2D eigenvalue weighted by Gasteiger charge is -1.99. The summed E-state index contributed by atoms with van der Waals surface area (Å²) in [6.07, 6.45) is 4.68. The quantitative estimate of drug-likeness (QED) is 0.554. The maximum Gasteiger partial charge on any atom is 0.199 e. The van der Waals surface area contributed by atoms with Crippen LogP contribution in [0.5, 0.6) is 0 Å². The number of hydrogen-bond acceptors (Lipinski definition) is 1. The Balaban J connectivity index is 2.16. The van der Waals surface area contributed by atoms with E-state index in [4.69, 9.17) is 5.84 Å². The second-order valence-electron chi connectivity index (χ2n) is 3.32. The summed E-state index contributed by atoms with van der Waals surface area (Å²) in [6.45, 7) is 0. The van der Waals surface area contributed by atoms with Crippen molar-refractivity contribution in [1.29, 1.82) is 0 Å². The monoisotopic (exact) mass is 185 g/mol. The van der Waals surface area contributed by atoms with E-state index in [1.165, 1.54) is 11.1 Å². The fourth-order valence-electron chi connectivity index (χ4n) is 1.42. The molecule has 2 rings (SSSR count). The molecule has 0 amide bonds. The maximum atomic E-state index is 5.54. The molecular formula is C12H13N2+. The Bertz CT molecular complexity index is 392. The normalized spacial score (nSPS) is 10.0. The Hall–Kier alpha value is -1.83. The Morgan fingerprint density at radius 2 is 1.43 bits per heavy atom. The summed E-state index contributed by atoms with van der Waals surface area (Å²) >= 11 is 0. The van der Waals surface area contributed by atoms with Crippen LogP contribution in [0.2, 0.25) is 0 Å². The van der Waals surface area contributed by atoms with Crippen LogP contribution in [0.15, 0.2) is 54.9 Å². The van der Waals surface area contributed by atoms with Gasteiger partial charge in [-0.25, -0.2) is 5.84 Å². The summed E-state index contributed by atoms with van der Waals surface area (Å²) in [6, 6.07) is 14.5. The second kappa shape index (κ2) is 3.92. The third kappa shape index (κ3) is 2.10. The molecule has 0 aliphatic rings. The predicted molar refractivity (Wildman–Crippen MR) is 56.0 cm³/mol. The lowest BCUT2D eigenvalue weighted by atomic mass is 10.1. The number of hydrogen-bond donors (Lipinski definition) is 1. The first-order chi connectivity index (χ1) is 6.84. The van der Waals surface area contributed by atoms with Gasteiger partial charge in [0.1, 0.15) is 0 Å². The molecule has 1 aromatic heterocycles. The highest BCUT2D eigenvalue weighted by Crippen LogP contribution is 2.06. The van der Waals surface area contributed by atoms with Crippen molar-refractivity contribution in [3.05, 3.63) is 66.0 Å². The molecule has 2 N–H and O–H groups in total. The SMILES string of the molecule is N[n+]1ccc(Cc2ccccc2)cc1. The number of aromatic nitrogens is 1. The zero-order valence-corrected chi connectivity index (χ0v) is 7.93. The molecule has 2 nitrogen and oxygen atoms in total. The highest BCUT2D eigenvalue weighted by molar-refractivity contribution is 5.23. The average Bonchev–Trinajstić information content (AvgIpc) is 2.23. The van der Waals surface area contributed by atoms with Crippen LogP contribution in [0.25, 0.3) is 0 Å². The van der Waals surface area contributed by atoms with E-state index in [1.54, 1.807) is 4.68 Å². The molecule has 0 fully saturated rings. The van der Waals surface area contributed by atoms with E-state index in [1.807, 2.05) is 30.6 Å². The highest BCUT2D eigenvalue weighted by Gasteiger charge is 1.97. The van der Waals surface area contributed by atoms with Gasteiger partial charge in [0.25, 0.3) is 0 Å². The lowest BCUT2D eigenvalue weighted by Crippen LogP contribution is -2.43. The summed E-state index contributed by atoms with van der Waals surface area (Å²) in [5.74, 6) is 5.54. The first kappa shape index (κ1) is 8.75. The van der Waals surface area contributed by atoms with Crippen LogP contribution < -0.4 is 10.5 Å². The van der Waals surface area contributed by atoms with Gasteiger partial charge in [-0.05, 0) is 17.5 Å². The van der Waals surface area contributed by atoms with Gasteiger partial charge in [0, 0.05) is 12.1 Å². The molecule has 0 aliphatic carbocycles. The van der Waals surface area contributed by atoms with E-state index >= 15 is 0 Å². The Kier molecular flexibility index (Phi) is 2.45. The van der Waals surface area contributed by atoms with Gasteiger partial charge >= 0.3 is 0 Å². The Morgan fingerprint density at radius 1 is 0.857 bits per heavy atom. The number of pyridine rings is 1. The van der Waals surface area contributed by atoms with E-state index in [0.29, 0.717) is 0 Å². The van der Waals surface area contributed by atoms with E-state index in [-0.39, 0.29) is 0 Å². The van der Waals surface area contributed by atoms with Crippen LogP contribution >= 0.6 is 0 Å². The van der Waals surface area contributed by atoms with Crippen molar-refractivity contribution in [3.8, 4) is 0 Å². The summed E-state index contributed by atoms with van der Waals surface area (Å²) in [7, 11) is 0. The molecular weight excluding hydrogens is 172 g/mol. The van der Waals surface area contributed by atoms with Crippen molar-refractivity contribution in [1.82, 2.24) is 0 Å². The van der Waals surface area contributed by atoms with Gasteiger partial charge < -0.3 is 0 Å². The van der Waals surface area contributed by atoms with Crippen LogP contribution in [0.3, 0.4) is 0 Å². The Morgan fingerprint density at radius 3 is 2.07 bits per heavy atom. The standard InChI is InChI=1S/C12H13N2/c13-14-8-6-12(7-9-14)10-11-4-2-1-3-5-11/h1-9H,10,13H2/q+1. The van der Waals surface area contributed by atoms with E-state index < -0.39 is 0 Å². The largest absolute Gasteiger partial charge is 0.205 e. The van der Waals surface area contributed by atoms with Gasteiger partial charge in [0.05, 0.1) is 0 Å². The van der Waals surface area contributed by atoms with Crippen molar-refractivity contribution < 1.29 is 4.68 Å². The van der Waals surface area contributed by atoms with E-state index in [0.717, 1.165) is 6.42 Å². The molecule has 0 saturated carbocycles. The average molecular weight is 185 g/mol. The summed E-state index contributed by atoms with van der Waals surface area (Å²) in [5, 5.41) is 0. The molecule has 0 saturated heterocycles. The van der Waals surface area contributed by atoms with Crippen molar-refractivity contribution in [2.45, 2.75) is 6.42 Å². The topological polar surface area (TPSA) is 29.9 Å². The fourth-order valence-corrected chi connectivity index (χ4v) is 1.42. The van der Waals surface area contributed by atoms with E-state index in [9.17, 15) is 0 Å². The fraction of sp³-hybridized carbons (Fsp3) is 0.0833.